The summed E-state index contributed by atoms with van der Waals surface area (Å²) in [5.41, 5.74) is -0.321. The van der Waals surface area contributed by atoms with E-state index in [4.69, 9.17) is 20.4 Å². The van der Waals surface area contributed by atoms with Gasteiger partial charge in [0.25, 0.3) is 0 Å². The minimum Gasteiger partial charge on any atom is -0.335 e. The molecule has 2 aromatic carbocycles. The molecule has 12 N–H and O–H groups in total. The first kappa shape index (κ1) is 73.6. The van der Waals surface area contributed by atoms with E-state index in [0.29, 0.717) is 25.7 Å². The minimum absolute atomic E-state index is 0.0314. The average Bonchev–Trinajstić information content (AvgIpc) is 2.84. The second kappa shape index (κ2) is 26.4. The maximum absolute atomic E-state index is 13.2. The van der Waals surface area contributed by atoms with Crippen molar-refractivity contribution in [3.63, 3.8) is 0 Å². The van der Waals surface area contributed by atoms with Gasteiger partial charge in [-0.2, -0.15) is 20.3 Å². The van der Waals surface area contributed by atoms with Crippen LogP contribution in [0.1, 0.15) is 240 Å². The van der Waals surface area contributed by atoms with E-state index in [9.17, 15) is 30.4 Å². The molecule has 476 valence electrons. The SMILES string of the molecule is CC(C)(NC(=O)NC1CC(C)(C)N(O)C(C)(C)C1)c1ccc(C(C)(C)NC2CC(C)(C)N(O)C(C)(C)C2)cc1.CC(C)(NC(=O)NC1CC(C)(C)N(O)C(C)(C)C1)c1cccc(C(C)(C)NC2CC(C)(C)N(O)C(C)(C)C2)c1.N=C=O.N=C=O. The fourth-order valence-corrected chi connectivity index (χ4v) is 14.4. The third-order valence-corrected chi connectivity index (χ3v) is 17.8. The number of amides is 4. The van der Waals surface area contributed by atoms with Crippen molar-refractivity contribution < 1.29 is 40.0 Å². The maximum Gasteiger partial charge on any atom is 0.315 e. The summed E-state index contributed by atoms with van der Waals surface area (Å²) < 4.78 is 0. The van der Waals surface area contributed by atoms with Crippen LogP contribution in [-0.2, 0) is 31.7 Å². The van der Waals surface area contributed by atoms with Crippen molar-refractivity contribution in [3.05, 3.63) is 70.8 Å². The summed E-state index contributed by atoms with van der Waals surface area (Å²) in [6.45, 7) is 49.6. The quantitative estimate of drug-likeness (QED) is 0.0696. The van der Waals surface area contributed by atoms with E-state index in [1.165, 1.54) is 25.8 Å². The molecule has 0 radical (unpaired) electrons. The zero-order chi connectivity index (χ0) is 65.1. The van der Waals surface area contributed by atoms with Gasteiger partial charge in [0.15, 0.2) is 0 Å². The van der Waals surface area contributed by atoms with Crippen LogP contribution in [0.5, 0.6) is 0 Å². The number of hydrogen-bond donors (Lipinski definition) is 12. The Morgan fingerprint density at radius 3 is 0.869 bits per heavy atom. The first-order chi connectivity index (χ1) is 37.8. The topological polar surface area (TPSA) is 282 Å². The molecule has 6 rings (SSSR count). The van der Waals surface area contributed by atoms with Crippen LogP contribution in [0.4, 0.5) is 9.59 Å². The summed E-state index contributed by atoms with van der Waals surface area (Å²) in [4.78, 5) is 42.9. The van der Waals surface area contributed by atoms with Gasteiger partial charge in [-0.1, -0.05) is 48.5 Å². The smallest absolute Gasteiger partial charge is 0.315 e. The molecule has 0 bridgehead atoms. The number of hydrogen-bond acceptors (Lipinski definition) is 16. The lowest BCUT2D eigenvalue weighted by Crippen LogP contribution is -2.64. The Balaban J connectivity index is 0.000000402. The number of carbonyl (C=O) groups excluding carboxylic acids is 4. The van der Waals surface area contributed by atoms with Crippen LogP contribution in [0.2, 0.25) is 0 Å². The van der Waals surface area contributed by atoms with Crippen LogP contribution in [-0.4, -0.2) is 134 Å². The van der Waals surface area contributed by atoms with Crippen molar-refractivity contribution in [3.8, 4) is 0 Å². The summed E-state index contributed by atoms with van der Waals surface area (Å²) in [5, 5.41) is 79.7. The average molecular weight is 1180 g/mol. The van der Waals surface area contributed by atoms with Crippen LogP contribution in [0.25, 0.3) is 0 Å². The number of carbonyl (C=O) groups is 2. The first-order valence-corrected chi connectivity index (χ1v) is 29.8. The predicted molar refractivity (Wildman–Crippen MR) is 331 cm³/mol. The number of piperidine rings is 4. The van der Waals surface area contributed by atoms with Crippen molar-refractivity contribution in [2.75, 3.05) is 0 Å². The molecule has 0 aliphatic carbocycles. The van der Waals surface area contributed by atoms with Crippen molar-refractivity contribution in [2.24, 2.45) is 0 Å². The molecule has 4 amide bonds. The summed E-state index contributed by atoms with van der Waals surface area (Å²) >= 11 is 0. The predicted octanol–water partition coefficient (Wildman–Crippen LogP) is 11.5. The van der Waals surface area contributed by atoms with Crippen LogP contribution in [0, 0.1) is 10.8 Å². The number of hydroxylamine groups is 8. The van der Waals surface area contributed by atoms with Gasteiger partial charge in [-0.15, -0.1) is 0 Å². The number of nitrogens with one attached hydrogen (secondary N) is 8. The monoisotopic (exact) mass is 1180 g/mol. The third-order valence-electron chi connectivity index (χ3n) is 17.8. The molecule has 4 aliphatic rings. The van der Waals surface area contributed by atoms with Gasteiger partial charge in [-0.25, -0.2) is 30.0 Å². The van der Waals surface area contributed by atoms with E-state index in [2.05, 4.69) is 164 Å². The van der Waals surface area contributed by atoms with Crippen molar-refractivity contribution in [1.29, 1.82) is 10.8 Å². The fourth-order valence-electron chi connectivity index (χ4n) is 14.4. The van der Waals surface area contributed by atoms with Gasteiger partial charge >= 0.3 is 12.1 Å². The minimum atomic E-state index is -0.592. The molecule has 2 aromatic rings. The van der Waals surface area contributed by atoms with Crippen molar-refractivity contribution in [1.82, 2.24) is 52.2 Å². The summed E-state index contributed by atoms with van der Waals surface area (Å²) in [6, 6.07) is 17.0. The molecule has 0 aromatic heterocycles. The maximum atomic E-state index is 13.2. The molecule has 4 fully saturated rings. The summed E-state index contributed by atoms with van der Waals surface area (Å²) in [7, 11) is 0. The summed E-state index contributed by atoms with van der Waals surface area (Å²) in [6.07, 6.45) is 7.56. The molecule has 0 unspecified atom stereocenters. The molecular formula is C64H112N12O8. The highest BCUT2D eigenvalue weighted by molar-refractivity contribution is 5.76. The highest BCUT2D eigenvalue weighted by Crippen LogP contribution is 2.42. The second-order valence-corrected chi connectivity index (χ2v) is 31.5. The third kappa shape index (κ3) is 18.7. The molecule has 0 spiro atoms. The van der Waals surface area contributed by atoms with Crippen molar-refractivity contribution in [2.45, 2.75) is 308 Å². The molecule has 0 saturated carbocycles. The molecule has 84 heavy (non-hydrogen) atoms. The van der Waals surface area contributed by atoms with Crippen LogP contribution in [0.15, 0.2) is 48.5 Å². The Kier molecular flexibility index (Phi) is 23.1. The van der Waals surface area contributed by atoms with Crippen LogP contribution in [0.3, 0.4) is 0 Å². The first-order valence-electron chi connectivity index (χ1n) is 29.8. The van der Waals surface area contributed by atoms with Gasteiger partial charge in [0, 0.05) is 79.6 Å². The van der Waals surface area contributed by atoms with Gasteiger partial charge in [0.1, 0.15) is 0 Å². The zero-order valence-corrected chi connectivity index (χ0v) is 55.8. The zero-order valence-electron chi connectivity index (χ0n) is 55.8. The molecule has 20 heteroatoms. The molecule has 0 atom stereocenters. The standard InChI is InChI=1S/2C31H55N5O3.2CHNO/c1-26(2)17-23(18-27(3,4)35(26)38)32-25(37)34-31(11,12)22-15-13-21(14-16-22)30(9,10)33-24-19-28(5,6)36(39)29(7,8)20-24;1-26(2)17-23(18-27(3,4)35(26)38)32-25(37)34-31(11,12)22-15-13-14-21(16-22)30(9,10)33-24-19-28(5,6)36(39)29(7,8)20-24;2*2-1-3/h2*13-16,23-24,33,38-39H,17-20H2,1-12H3,(H2,32,34,37);2*2H. The van der Waals surface area contributed by atoms with Gasteiger partial charge in [0.2, 0.25) is 12.2 Å². The van der Waals surface area contributed by atoms with E-state index in [1.54, 1.807) is 0 Å². The number of nitrogens with zero attached hydrogens (tertiary/aromatic N) is 4. The highest BCUT2D eigenvalue weighted by Gasteiger charge is 2.50. The number of urea groups is 2. The fraction of sp³-hybridized carbons (Fsp3) is 0.750. The Morgan fingerprint density at radius 2 is 0.607 bits per heavy atom. The lowest BCUT2D eigenvalue weighted by molar-refractivity contribution is -0.247. The Hall–Kier alpha value is -4.66. The van der Waals surface area contributed by atoms with Gasteiger partial charge in [0.05, 0.1) is 11.1 Å². The van der Waals surface area contributed by atoms with E-state index in [1.807, 2.05) is 83.1 Å². The highest BCUT2D eigenvalue weighted by atomic mass is 16.5. The van der Waals surface area contributed by atoms with Gasteiger partial charge < -0.3 is 52.7 Å². The molecule has 4 aliphatic heterocycles. The number of isocyanates is 2. The van der Waals surface area contributed by atoms with Gasteiger partial charge in [-0.3, -0.25) is 0 Å². The lowest BCUT2D eigenvalue weighted by Gasteiger charge is -2.53. The number of rotatable bonds is 12. The molecule has 20 nitrogen and oxygen atoms in total. The summed E-state index contributed by atoms with van der Waals surface area (Å²) in [5.74, 6) is 0. The van der Waals surface area contributed by atoms with E-state index < -0.39 is 33.2 Å². The van der Waals surface area contributed by atoms with E-state index in [-0.39, 0.29) is 69.5 Å². The largest absolute Gasteiger partial charge is 0.335 e. The number of benzene rings is 2. The molecular weight excluding hydrogens is 1060 g/mol. The van der Waals surface area contributed by atoms with E-state index >= 15 is 0 Å². The van der Waals surface area contributed by atoms with Gasteiger partial charge in [-0.05, 0) is 240 Å². The normalized spacial score (nSPS) is 22.8. The molecule has 4 heterocycles. The molecule has 4 saturated heterocycles. The Morgan fingerprint density at radius 1 is 0.405 bits per heavy atom. The van der Waals surface area contributed by atoms with Crippen LogP contribution < -0.4 is 31.9 Å². The van der Waals surface area contributed by atoms with E-state index in [0.717, 1.165) is 54.5 Å². The lowest BCUT2D eigenvalue weighted by atomic mass is 9.77. The Bertz CT molecular complexity index is 2530. The van der Waals surface area contributed by atoms with Crippen molar-refractivity contribution >= 4 is 24.2 Å². The second-order valence-electron chi connectivity index (χ2n) is 31.5. The Labute approximate surface area is 504 Å². The van der Waals surface area contributed by atoms with Crippen LogP contribution >= 0.6 is 0 Å².